The topological polar surface area (TPSA) is 226 Å². The zero-order chi connectivity index (χ0) is 39.9. The van der Waals surface area contributed by atoms with Gasteiger partial charge in [-0.3, -0.25) is 9.59 Å². The number of amides is 5. The third-order valence-electron chi connectivity index (χ3n) is 7.38. The molecule has 53 heavy (non-hydrogen) atoms. The first-order valence-electron chi connectivity index (χ1n) is 18.2. The standard InChI is InChI=1S/C37H62N6O10/c1-36(2,3)52-34(48)40-24-15-12-20-27(41-31(45)28(19-11-14-22-38)43-35(49)53-37(4,5)6)30(44)42-29(32(46)50-7)21-13-16-23-39-33(47)51-25-26-17-9-8-10-18-26/h8-10,17-18,27-29H,11-16,19-25,38H2,1-7H3,(H,39,47)(H,40,48)(H,41,45)(H,42,44)(H,43,49). The van der Waals surface area contributed by atoms with Crippen molar-refractivity contribution < 1.29 is 47.7 Å². The molecule has 16 heteroatoms. The molecular formula is C37H62N6O10. The molecular weight excluding hydrogens is 688 g/mol. The van der Waals surface area contributed by atoms with Crippen molar-refractivity contribution in [3.05, 3.63) is 35.9 Å². The molecule has 16 nitrogen and oxygen atoms in total. The molecule has 0 aliphatic rings. The van der Waals surface area contributed by atoms with E-state index in [1.807, 2.05) is 30.3 Å². The highest BCUT2D eigenvalue weighted by Crippen LogP contribution is 2.11. The number of methoxy groups -OCH3 is 1. The summed E-state index contributed by atoms with van der Waals surface area (Å²) < 4.78 is 20.7. The lowest BCUT2D eigenvalue weighted by Crippen LogP contribution is -2.56. The number of nitrogens with two attached hydrogens (primary N) is 1. The molecule has 0 aromatic heterocycles. The highest BCUT2D eigenvalue weighted by atomic mass is 16.6. The van der Waals surface area contributed by atoms with E-state index in [9.17, 15) is 28.8 Å². The minimum Gasteiger partial charge on any atom is -0.467 e. The fourth-order valence-corrected chi connectivity index (χ4v) is 4.83. The van der Waals surface area contributed by atoms with Gasteiger partial charge in [-0.2, -0.15) is 0 Å². The third kappa shape index (κ3) is 22.8. The number of carbonyl (C=O) groups is 6. The molecule has 3 atom stereocenters. The van der Waals surface area contributed by atoms with Crippen LogP contribution in [-0.4, -0.2) is 92.1 Å². The molecule has 300 valence electrons. The number of carbonyl (C=O) groups excluding carboxylic acids is 6. The number of alkyl carbamates (subject to hydrolysis) is 3. The van der Waals surface area contributed by atoms with Crippen molar-refractivity contribution in [2.75, 3.05) is 26.7 Å². The predicted molar refractivity (Wildman–Crippen MR) is 199 cm³/mol. The van der Waals surface area contributed by atoms with Crippen LogP contribution in [0, 0.1) is 0 Å². The largest absolute Gasteiger partial charge is 0.467 e. The van der Waals surface area contributed by atoms with Gasteiger partial charge < -0.3 is 51.3 Å². The predicted octanol–water partition coefficient (Wildman–Crippen LogP) is 3.94. The molecule has 1 rings (SSSR count). The van der Waals surface area contributed by atoms with Crippen LogP contribution in [0.4, 0.5) is 14.4 Å². The van der Waals surface area contributed by atoms with Crippen molar-refractivity contribution in [3.63, 3.8) is 0 Å². The number of benzene rings is 1. The summed E-state index contributed by atoms with van der Waals surface area (Å²) in [5.74, 6) is -1.92. The maximum atomic E-state index is 13.7. The summed E-state index contributed by atoms with van der Waals surface area (Å²) in [6.07, 6.45) is 1.57. The molecule has 0 saturated heterocycles. The highest BCUT2D eigenvalue weighted by Gasteiger charge is 2.30. The SMILES string of the molecule is COC(=O)C(CCCCNC(=O)OCc1ccccc1)NC(=O)C(CCCCNC(=O)OC(C)(C)C)NC(=O)C(CCCCN)NC(=O)OC(C)(C)C. The van der Waals surface area contributed by atoms with E-state index < -0.39 is 65.4 Å². The van der Waals surface area contributed by atoms with E-state index in [0.717, 1.165) is 5.56 Å². The maximum Gasteiger partial charge on any atom is 0.408 e. The minimum absolute atomic E-state index is 0.132. The van der Waals surface area contributed by atoms with Gasteiger partial charge in [-0.25, -0.2) is 19.2 Å². The molecule has 0 aliphatic heterocycles. The van der Waals surface area contributed by atoms with Crippen LogP contribution in [0.25, 0.3) is 0 Å². The van der Waals surface area contributed by atoms with Gasteiger partial charge in [-0.05, 0) is 111 Å². The Balaban J connectivity index is 2.93. The van der Waals surface area contributed by atoms with Crippen LogP contribution in [-0.2, 0) is 39.9 Å². The van der Waals surface area contributed by atoms with Crippen LogP contribution in [0.5, 0.6) is 0 Å². The highest BCUT2D eigenvalue weighted by molar-refractivity contribution is 5.93. The number of hydrogen-bond donors (Lipinski definition) is 6. The molecule has 1 aromatic carbocycles. The van der Waals surface area contributed by atoms with Crippen LogP contribution in [0.15, 0.2) is 30.3 Å². The van der Waals surface area contributed by atoms with Crippen LogP contribution in [0.1, 0.15) is 105 Å². The Bertz CT molecular complexity index is 1280. The van der Waals surface area contributed by atoms with Crippen molar-refractivity contribution >= 4 is 36.1 Å². The van der Waals surface area contributed by atoms with Crippen molar-refractivity contribution in [2.24, 2.45) is 5.73 Å². The fraction of sp³-hybridized carbons (Fsp3) is 0.676. The molecule has 3 unspecified atom stereocenters. The lowest BCUT2D eigenvalue weighted by Gasteiger charge is -2.26. The Kier molecular flexibility index (Phi) is 21.6. The monoisotopic (exact) mass is 750 g/mol. The lowest BCUT2D eigenvalue weighted by atomic mass is 10.0. The number of ether oxygens (including phenoxy) is 4. The van der Waals surface area contributed by atoms with Gasteiger partial charge in [0.1, 0.15) is 35.9 Å². The van der Waals surface area contributed by atoms with Gasteiger partial charge in [0.2, 0.25) is 11.8 Å². The molecule has 1 aromatic rings. The van der Waals surface area contributed by atoms with Crippen molar-refractivity contribution in [2.45, 2.75) is 135 Å². The number of rotatable bonds is 22. The van der Waals surface area contributed by atoms with E-state index in [-0.39, 0.29) is 39.0 Å². The van der Waals surface area contributed by atoms with E-state index in [2.05, 4.69) is 26.6 Å². The van der Waals surface area contributed by atoms with E-state index in [1.54, 1.807) is 41.5 Å². The summed E-state index contributed by atoms with van der Waals surface area (Å²) in [5.41, 5.74) is 5.03. The van der Waals surface area contributed by atoms with Gasteiger partial charge in [0.15, 0.2) is 0 Å². The average Bonchev–Trinajstić information content (AvgIpc) is 3.07. The third-order valence-corrected chi connectivity index (χ3v) is 7.38. The minimum atomic E-state index is -1.10. The normalized spacial score (nSPS) is 13.0. The zero-order valence-corrected chi connectivity index (χ0v) is 32.5. The van der Waals surface area contributed by atoms with Crippen molar-refractivity contribution in [1.82, 2.24) is 26.6 Å². The summed E-state index contributed by atoms with van der Waals surface area (Å²) >= 11 is 0. The number of nitrogens with one attached hydrogen (secondary N) is 5. The second kappa shape index (κ2) is 24.6. The molecule has 0 spiro atoms. The molecule has 0 aliphatic carbocycles. The number of unbranched alkanes of at least 4 members (excludes halogenated alkanes) is 3. The molecule has 7 N–H and O–H groups in total. The summed E-state index contributed by atoms with van der Waals surface area (Å²) in [5, 5.41) is 13.4. The van der Waals surface area contributed by atoms with E-state index in [0.29, 0.717) is 45.1 Å². The van der Waals surface area contributed by atoms with Gasteiger partial charge in [-0.1, -0.05) is 30.3 Å². The summed E-state index contributed by atoms with van der Waals surface area (Å²) in [7, 11) is 1.21. The smallest absolute Gasteiger partial charge is 0.408 e. The van der Waals surface area contributed by atoms with Gasteiger partial charge in [0, 0.05) is 13.1 Å². The van der Waals surface area contributed by atoms with E-state index in [1.165, 1.54) is 7.11 Å². The second-order valence-electron chi connectivity index (χ2n) is 14.5. The first-order chi connectivity index (χ1) is 24.9. The summed E-state index contributed by atoms with van der Waals surface area (Å²) in [6.45, 7) is 11.4. The van der Waals surface area contributed by atoms with Gasteiger partial charge in [-0.15, -0.1) is 0 Å². The molecule has 5 amide bonds. The Morgan fingerprint density at radius 1 is 0.623 bits per heavy atom. The summed E-state index contributed by atoms with van der Waals surface area (Å²) in [4.78, 5) is 76.7. The van der Waals surface area contributed by atoms with Crippen molar-refractivity contribution in [1.29, 1.82) is 0 Å². The van der Waals surface area contributed by atoms with Gasteiger partial charge in [0.05, 0.1) is 7.11 Å². The molecule has 0 saturated carbocycles. The molecule has 0 radical (unpaired) electrons. The second-order valence-corrected chi connectivity index (χ2v) is 14.5. The summed E-state index contributed by atoms with van der Waals surface area (Å²) in [6, 6.07) is 6.09. The fourth-order valence-electron chi connectivity index (χ4n) is 4.83. The number of esters is 1. The van der Waals surface area contributed by atoms with Gasteiger partial charge >= 0.3 is 24.2 Å². The first-order valence-corrected chi connectivity index (χ1v) is 18.2. The van der Waals surface area contributed by atoms with Gasteiger partial charge in [0.25, 0.3) is 0 Å². The Morgan fingerprint density at radius 2 is 1.09 bits per heavy atom. The Labute approximate surface area is 313 Å². The van der Waals surface area contributed by atoms with Crippen molar-refractivity contribution in [3.8, 4) is 0 Å². The first kappa shape index (κ1) is 46.4. The molecule has 0 heterocycles. The van der Waals surface area contributed by atoms with Crippen LogP contribution >= 0.6 is 0 Å². The molecule has 0 fully saturated rings. The number of hydrogen-bond acceptors (Lipinski definition) is 11. The Hall–Kier alpha value is -4.60. The quantitative estimate of drug-likeness (QED) is 0.0565. The van der Waals surface area contributed by atoms with Crippen LogP contribution in [0.2, 0.25) is 0 Å². The maximum absolute atomic E-state index is 13.7. The zero-order valence-electron chi connectivity index (χ0n) is 32.5. The van der Waals surface area contributed by atoms with E-state index in [4.69, 9.17) is 24.7 Å². The molecule has 0 bridgehead atoms. The van der Waals surface area contributed by atoms with Crippen LogP contribution in [0.3, 0.4) is 0 Å². The average molecular weight is 751 g/mol. The lowest BCUT2D eigenvalue weighted by molar-refractivity contribution is -0.145. The Morgan fingerprint density at radius 3 is 1.62 bits per heavy atom. The van der Waals surface area contributed by atoms with E-state index >= 15 is 0 Å². The van der Waals surface area contributed by atoms with Crippen LogP contribution < -0.4 is 32.3 Å².